The number of halogens is 2. The molecule has 1 aliphatic rings. The second-order valence-corrected chi connectivity index (χ2v) is 6.68. The van der Waals surface area contributed by atoms with Gasteiger partial charge in [-0.15, -0.1) is 0 Å². The molecular formula is C15H21Cl2N. The van der Waals surface area contributed by atoms with Crippen molar-refractivity contribution in [2.24, 2.45) is 11.3 Å². The average molecular weight is 286 g/mol. The number of hydrogen-bond acceptors (Lipinski definition) is 1. The fraction of sp³-hybridized carbons (Fsp3) is 0.600. The second kappa shape index (κ2) is 5.40. The number of likely N-dealkylation sites (N-methyl/N-ethyl adjacent to an activating group) is 1. The maximum atomic E-state index is 6.26. The highest BCUT2D eigenvalue weighted by molar-refractivity contribution is 6.36. The van der Waals surface area contributed by atoms with Crippen LogP contribution in [0.15, 0.2) is 18.2 Å². The molecule has 0 spiro atoms. The Hall–Kier alpha value is -0.240. The molecule has 1 aromatic carbocycles. The summed E-state index contributed by atoms with van der Waals surface area (Å²) in [6.45, 7) is 7.79. The summed E-state index contributed by atoms with van der Waals surface area (Å²) in [4.78, 5) is 0. The van der Waals surface area contributed by atoms with E-state index in [2.05, 4.69) is 26.1 Å². The minimum absolute atomic E-state index is 0.459. The van der Waals surface area contributed by atoms with Gasteiger partial charge in [0, 0.05) is 16.1 Å². The van der Waals surface area contributed by atoms with Crippen molar-refractivity contribution in [2.45, 2.75) is 39.7 Å². The SMILES string of the molecule is CCNC(Cc1c(Cl)cccc1Cl)C1CC1(C)C. The smallest absolute Gasteiger partial charge is 0.0453 e. The molecule has 2 rings (SSSR count). The van der Waals surface area contributed by atoms with Crippen LogP contribution in [0.5, 0.6) is 0 Å². The Morgan fingerprint density at radius 3 is 2.33 bits per heavy atom. The molecule has 1 aliphatic carbocycles. The summed E-state index contributed by atoms with van der Waals surface area (Å²) >= 11 is 12.5. The minimum Gasteiger partial charge on any atom is -0.314 e. The van der Waals surface area contributed by atoms with E-state index in [1.165, 1.54) is 6.42 Å². The van der Waals surface area contributed by atoms with E-state index in [1.54, 1.807) is 0 Å². The summed E-state index contributed by atoms with van der Waals surface area (Å²) in [5.74, 6) is 0.727. The first-order valence-corrected chi connectivity index (χ1v) is 7.37. The van der Waals surface area contributed by atoms with E-state index in [9.17, 15) is 0 Å². The molecule has 0 amide bonds. The average Bonchev–Trinajstić information content (AvgIpc) is 2.92. The monoisotopic (exact) mass is 285 g/mol. The van der Waals surface area contributed by atoms with E-state index in [0.717, 1.165) is 34.5 Å². The number of rotatable bonds is 5. The zero-order valence-electron chi connectivity index (χ0n) is 11.3. The van der Waals surface area contributed by atoms with Crippen molar-refractivity contribution >= 4 is 23.2 Å². The Kier molecular flexibility index (Phi) is 4.25. The van der Waals surface area contributed by atoms with E-state index in [0.29, 0.717) is 11.5 Å². The van der Waals surface area contributed by atoms with Gasteiger partial charge in [-0.25, -0.2) is 0 Å². The molecule has 1 N–H and O–H groups in total. The van der Waals surface area contributed by atoms with Gasteiger partial charge in [0.05, 0.1) is 0 Å². The Balaban J connectivity index is 2.14. The molecule has 0 bridgehead atoms. The van der Waals surface area contributed by atoms with Crippen LogP contribution < -0.4 is 5.32 Å². The fourth-order valence-electron chi connectivity index (χ4n) is 2.76. The summed E-state index contributed by atoms with van der Waals surface area (Å²) in [5, 5.41) is 5.15. The van der Waals surface area contributed by atoms with Gasteiger partial charge in [0.25, 0.3) is 0 Å². The van der Waals surface area contributed by atoms with Gasteiger partial charge in [-0.2, -0.15) is 0 Å². The zero-order chi connectivity index (χ0) is 13.3. The highest BCUT2D eigenvalue weighted by Crippen LogP contribution is 2.54. The maximum absolute atomic E-state index is 6.26. The molecule has 0 radical (unpaired) electrons. The quantitative estimate of drug-likeness (QED) is 0.836. The van der Waals surface area contributed by atoms with Crippen molar-refractivity contribution in [1.29, 1.82) is 0 Å². The van der Waals surface area contributed by atoms with Gasteiger partial charge in [0.2, 0.25) is 0 Å². The predicted octanol–water partition coefficient (Wildman–Crippen LogP) is 4.56. The van der Waals surface area contributed by atoms with Crippen molar-refractivity contribution in [3.63, 3.8) is 0 Å². The molecule has 1 aromatic rings. The molecule has 0 heterocycles. The molecule has 3 heteroatoms. The van der Waals surface area contributed by atoms with Gasteiger partial charge < -0.3 is 5.32 Å². The fourth-order valence-corrected chi connectivity index (χ4v) is 3.31. The third-order valence-corrected chi connectivity index (χ3v) is 4.74. The summed E-state index contributed by atoms with van der Waals surface area (Å²) in [6, 6.07) is 6.22. The highest BCUT2D eigenvalue weighted by Gasteiger charge is 2.49. The lowest BCUT2D eigenvalue weighted by molar-refractivity contribution is 0.409. The molecule has 0 saturated heterocycles. The molecule has 1 nitrogen and oxygen atoms in total. The van der Waals surface area contributed by atoms with Crippen molar-refractivity contribution in [2.75, 3.05) is 6.54 Å². The van der Waals surface area contributed by atoms with Gasteiger partial charge in [-0.05, 0) is 48.4 Å². The first kappa shape index (κ1) is 14.2. The molecule has 100 valence electrons. The summed E-state index contributed by atoms with van der Waals surface area (Å²) in [5.41, 5.74) is 1.54. The predicted molar refractivity (Wildman–Crippen MR) is 79.5 cm³/mol. The maximum Gasteiger partial charge on any atom is 0.0453 e. The number of hydrogen-bond donors (Lipinski definition) is 1. The molecule has 1 saturated carbocycles. The summed E-state index contributed by atoms with van der Waals surface area (Å²) < 4.78 is 0. The summed E-state index contributed by atoms with van der Waals surface area (Å²) in [7, 11) is 0. The minimum atomic E-state index is 0.459. The van der Waals surface area contributed by atoms with Crippen molar-refractivity contribution in [3.8, 4) is 0 Å². The van der Waals surface area contributed by atoms with Gasteiger partial charge in [-0.1, -0.05) is 50.0 Å². The van der Waals surface area contributed by atoms with Crippen LogP contribution >= 0.6 is 23.2 Å². The second-order valence-electron chi connectivity index (χ2n) is 5.87. The van der Waals surface area contributed by atoms with Crippen LogP contribution in [0.25, 0.3) is 0 Å². The van der Waals surface area contributed by atoms with Gasteiger partial charge in [-0.3, -0.25) is 0 Å². The summed E-state index contributed by atoms with van der Waals surface area (Å²) in [6.07, 6.45) is 2.20. The topological polar surface area (TPSA) is 12.0 Å². The van der Waals surface area contributed by atoms with E-state index in [1.807, 2.05) is 18.2 Å². The van der Waals surface area contributed by atoms with E-state index >= 15 is 0 Å². The first-order chi connectivity index (χ1) is 8.45. The first-order valence-electron chi connectivity index (χ1n) is 6.62. The van der Waals surface area contributed by atoms with Crippen LogP contribution in [0.3, 0.4) is 0 Å². The lowest BCUT2D eigenvalue weighted by Gasteiger charge is -2.21. The molecule has 2 unspecified atom stereocenters. The number of nitrogens with one attached hydrogen (secondary N) is 1. The normalized spacial score (nSPS) is 22.8. The highest BCUT2D eigenvalue weighted by atomic mass is 35.5. The van der Waals surface area contributed by atoms with Crippen molar-refractivity contribution in [3.05, 3.63) is 33.8 Å². The van der Waals surface area contributed by atoms with Crippen LogP contribution in [-0.4, -0.2) is 12.6 Å². The zero-order valence-corrected chi connectivity index (χ0v) is 12.8. The molecular weight excluding hydrogens is 265 g/mol. The molecule has 0 aromatic heterocycles. The van der Waals surface area contributed by atoms with Crippen LogP contribution in [-0.2, 0) is 6.42 Å². The van der Waals surface area contributed by atoms with Crippen molar-refractivity contribution < 1.29 is 0 Å². The van der Waals surface area contributed by atoms with Gasteiger partial charge in [0.1, 0.15) is 0 Å². The Morgan fingerprint density at radius 2 is 1.89 bits per heavy atom. The largest absolute Gasteiger partial charge is 0.314 e. The lowest BCUT2D eigenvalue weighted by atomic mass is 9.97. The van der Waals surface area contributed by atoms with Gasteiger partial charge >= 0.3 is 0 Å². The van der Waals surface area contributed by atoms with Crippen LogP contribution in [0, 0.1) is 11.3 Å². The number of benzene rings is 1. The lowest BCUT2D eigenvalue weighted by Crippen LogP contribution is -2.34. The van der Waals surface area contributed by atoms with Crippen LogP contribution in [0.2, 0.25) is 10.0 Å². The van der Waals surface area contributed by atoms with E-state index < -0.39 is 0 Å². The van der Waals surface area contributed by atoms with Crippen molar-refractivity contribution in [1.82, 2.24) is 5.32 Å². The Morgan fingerprint density at radius 1 is 1.33 bits per heavy atom. The molecule has 18 heavy (non-hydrogen) atoms. The van der Waals surface area contributed by atoms with E-state index in [-0.39, 0.29) is 0 Å². The molecule has 2 atom stereocenters. The van der Waals surface area contributed by atoms with Crippen LogP contribution in [0.4, 0.5) is 0 Å². The Labute approximate surface area is 120 Å². The standard InChI is InChI=1S/C15H21Cl2N/c1-4-18-14(11-9-15(11,2)3)8-10-12(16)6-5-7-13(10)17/h5-7,11,14,18H,4,8-9H2,1-3H3. The molecule has 1 fully saturated rings. The molecule has 0 aliphatic heterocycles. The third kappa shape index (κ3) is 3.01. The Bertz CT molecular complexity index is 408. The van der Waals surface area contributed by atoms with E-state index in [4.69, 9.17) is 23.2 Å². The third-order valence-electron chi connectivity index (χ3n) is 4.03. The van der Waals surface area contributed by atoms with Gasteiger partial charge in [0.15, 0.2) is 0 Å². The van der Waals surface area contributed by atoms with Crippen LogP contribution in [0.1, 0.15) is 32.8 Å².